The quantitative estimate of drug-likeness (QED) is 0.888. The number of aromatic nitrogens is 3. The molecule has 1 saturated heterocycles. The summed E-state index contributed by atoms with van der Waals surface area (Å²) >= 11 is 5.92. The standard InChI is InChI=1S/C19H26ClN5O/c1-19(2,3)25-9-7-13(8-10-25)14-5-6-17(21-12-14)22-15-11-16(20)23-24(4)18(15)26/h5-6,11-13H,7-10H2,1-4H3,(H,21,22). The van der Waals surface area contributed by atoms with Crippen LogP contribution in [0.1, 0.15) is 45.1 Å². The molecule has 1 N–H and O–H groups in total. The molecule has 0 unspecified atom stereocenters. The smallest absolute Gasteiger partial charge is 0.290 e. The number of rotatable bonds is 3. The van der Waals surface area contributed by atoms with Gasteiger partial charge in [0, 0.05) is 24.8 Å². The van der Waals surface area contributed by atoms with Crippen LogP contribution in [0.2, 0.25) is 5.15 Å². The highest BCUT2D eigenvalue weighted by molar-refractivity contribution is 6.29. The summed E-state index contributed by atoms with van der Waals surface area (Å²) in [7, 11) is 1.57. The minimum atomic E-state index is -0.241. The summed E-state index contributed by atoms with van der Waals surface area (Å²) in [5, 5.41) is 7.17. The Hall–Kier alpha value is -1.92. The number of hydrogen-bond acceptors (Lipinski definition) is 5. The van der Waals surface area contributed by atoms with Crippen LogP contribution in [0.4, 0.5) is 11.5 Å². The van der Waals surface area contributed by atoms with Crippen molar-refractivity contribution >= 4 is 23.1 Å². The predicted molar refractivity (Wildman–Crippen MR) is 105 cm³/mol. The molecule has 0 radical (unpaired) electrons. The lowest BCUT2D eigenvalue weighted by atomic mass is 9.88. The second-order valence-electron chi connectivity index (χ2n) is 7.84. The molecule has 2 aromatic heterocycles. The van der Waals surface area contributed by atoms with E-state index >= 15 is 0 Å². The van der Waals surface area contributed by atoms with Crippen molar-refractivity contribution in [3.05, 3.63) is 45.5 Å². The number of likely N-dealkylation sites (tertiary alicyclic amines) is 1. The van der Waals surface area contributed by atoms with Gasteiger partial charge in [0.25, 0.3) is 5.56 Å². The molecule has 3 heterocycles. The summed E-state index contributed by atoms with van der Waals surface area (Å²) in [6, 6.07) is 5.53. The lowest BCUT2D eigenvalue weighted by Crippen LogP contribution is -2.45. The average molecular weight is 376 g/mol. The monoisotopic (exact) mass is 375 g/mol. The number of aryl methyl sites for hydroxylation is 1. The Morgan fingerprint density at radius 3 is 2.50 bits per heavy atom. The number of piperidine rings is 1. The van der Waals surface area contributed by atoms with Crippen molar-refractivity contribution in [2.24, 2.45) is 7.05 Å². The molecule has 3 rings (SSSR count). The van der Waals surface area contributed by atoms with E-state index in [-0.39, 0.29) is 16.3 Å². The minimum Gasteiger partial charge on any atom is -0.336 e. The molecule has 0 saturated carbocycles. The van der Waals surface area contributed by atoms with Crippen molar-refractivity contribution in [3.63, 3.8) is 0 Å². The number of hydrogen-bond donors (Lipinski definition) is 1. The van der Waals surface area contributed by atoms with Gasteiger partial charge in [-0.1, -0.05) is 17.7 Å². The van der Waals surface area contributed by atoms with Gasteiger partial charge in [-0.2, -0.15) is 5.10 Å². The van der Waals surface area contributed by atoms with E-state index in [9.17, 15) is 4.79 Å². The van der Waals surface area contributed by atoms with Crippen LogP contribution in [0.25, 0.3) is 0 Å². The van der Waals surface area contributed by atoms with Crippen LogP contribution in [-0.4, -0.2) is 38.3 Å². The van der Waals surface area contributed by atoms with E-state index in [1.165, 1.54) is 16.3 Å². The van der Waals surface area contributed by atoms with E-state index in [0.29, 0.717) is 17.4 Å². The molecule has 1 aliphatic heterocycles. The first-order valence-electron chi connectivity index (χ1n) is 8.96. The first-order valence-corrected chi connectivity index (χ1v) is 9.34. The van der Waals surface area contributed by atoms with Crippen molar-refractivity contribution in [3.8, 4) is 0 Å². The summed E-state index contributed by atoms with van der Waals surface area (Å²) in [5.41, 5.74) is 1.61. The Morgan fingerprint density at radius 2 is 1.92 bits per heavy atom. The van der Waals surface area contributed by atoms with E-state index in [0.717, 1.165) is 25.9 Å². The molecular weight excluding hydrogens is 350 g/mol. The second kappa shape index (κ2) is 7.37. The Balaban J connectivity index is 1.67. The highest BCUT2D eigenvalue weighted by Gasteiger charge is 2.27. The second-order valence-corrected chi connectivity index (χ2v) is 8.23. The van der Waals surface area contributed by atoms with Crippen molar-refractivity contribution < 1.29 is 0 Å². The number of halogens is 1. The Morgan fingerprint density at radius 1 is 1.23 bits per heavy atom. The third-order valence-electron chi connectivity index (χ3n) is 5.00. The number of anilines is 2. The van der Waals surface area contributed by atoms with Crippen LogP contribution in [0.3, 0.4) is 0 Å². The fraction of sp³-hybridized carbons (Fsp3) is 0.526. The molecule has 0 aromatic carbocycles. The normalized spacial score (nSPS) is 16.7. The third-order valence-corrected chi connectivity index (χ3v) is 5.18. The average Bonchev–Trinajstić information content (AvgIpc) is 2.59. The molecule has 0 amide bonds. The maximum Gasteiger partial charge on any atom is 0.290 e. The molecular formula is C19H26ClN5O. The predicted octanol–water partition coefficient (Wildman–Crippen LogP) is 3.55. The maximum atomic E-state index is 12.1. The summed E-state index contributed by atoms with van der Waals surface area (Å²) < 4.78 is 1.21. The molecule has 0 spiro atoms. The van der Waals surface area contributed by atoms with Crippen molar-refractivity contribution in [2.45, 2.75) is 45.1 Å². The molecule has 140 valence electrons. The van der Waals surface area contributed by atoms with Gasteiger partial charge in [0.15, 0.2) is 5.15 Å². The first-order chi connectivity index (χ1) is 12.2. The SMILES string of the molecule is Cn1nc(Cl)cc(Nc2ccc(C3CCN(C(C)(C)C)CC3)cn2)c1=O. The zero-order chi connectivity index (χ0) is 18.9. The van der Waals surface area contributed by atoms with Gasteiger partial charge in [-0.15, -0.1) is 0 Å². The fourth-order valence-corrected chi connectivity index (χ4v) is 3.63. The first kappa shape index (κ1) is 18.9. The number of nitrogens with one attached hydrogen (secondary N) is 1. The topological polar surface area (TPSA) is 63.1 Å². The van der Waals surface area contributed by atoms with Gasteiger partial charge in [0.1, 0.15) is 11.5 Å². The lowest BCUT2D eigenvalue weighted by Gasteiger charge is -2.41. The van der Waals surface area contributed by atoms with Crippen LogP contribution in [0.15, 0.2) is 29.2 Å². The van der Waals surface area contributed by atoms with E-state index in [2.05, 4.69) is 47.1 Å². The maximum absolute atomic E-state index is 12.1. The molecule has 26 heavy (non-hydrogen) atoms. The van der Waals surface area contributed by atoms with Crippen LogP contribution in [0.5, 0.6) is 0 Å². The minimum absolute atomic E-state index is 0.231. The van der Waals surface area contributed by atoms with Gasteiger partial charge in [-0.05, 0) is 64.3 Å². The van der Waals surface area contributed by atoms with E-state index < -0.39 is 0 Å². The molecule has 0 atom stereocenters. The summed E-state index contributed by atoms with van der Waals surface area (Å²) in [6.07, 6.45) is 4.20. The Labute approximate surface area is 159 Å². The lowest BCUT2D eigenvalue weighted by molar-refractivity contribution is 0.102. The van der Waals surface area contributed by atoms with Crippen LogP contribution in [0, 0.1) is 0 Å². The van der Waals surface area contributed by atoms with Crippen LogP contribution < -0.4 is 10.9 Å². The van der Waals surface area contributed by atoms with Crippen molar-refractivity contribution in [1.82, 2.24) is 19.7 Å². The van der Waals surface area contributed by atoms with Crippen molar-refractivity contribution in [1.29, 1.82) is 0 Å². The molecule has 2 aromatic rings. The molecule has 0 bridgehead atoms. The van der Waals surface area contributed by atoms with E-state index in [4.69, 9.17) is 11.6 Å². The van der Waals surface area contributed by atoms with Crippen LogP contribution >= 0.6 is 11.6 Å². The summed E-state index contributed by atoms with van der Waals surface area (Å²) in [4.78, 5) is 19.1. The molecule has 6 nitrogen and oxygen atoms in total. The van der Waals surface area contributed by atoms with Gasteiger partial charge in [-0.3, -0.25) is 9.69 Å². The van der Waals surface area contributed by atoms with E-state index in [1.54, 1.807) is 7.05 Å². The molecule has 1 fully saturated rings. The van der Waals surface area contributed by atoms with E-state index in [1.807, 2.05) is 12.3 Å². The number of nitrogens with zero attached hydrogens (tertiary/aromatic N) is 4. The van der Waals surface area contributed by atoms with Gasteiger partial charge >= 0.3 is 0 Å². The zero-order valence-electron chi connectivity index (χ0n) is 15.8. The summed E-state index contributed by atoms with van der Waals surface area (Å²) in [6.45, 7) is 9.03. The fourth-order valence-electron chi connectivity index (χ4n) is 3.40. The Bertz CT molecular complexity index is 817. The zero-order valence-corrected chi connectivity index (χ0v) is 16.5. The van der Waals surface area contributed by atoms with Gasteiger partial charge in [-0.25, -0.2) is 9.67 Å². The van der Waals surface area contributed by atoms with Crippen LogP contribution in [-0.2, 0) is 7.05 Å². The van der Waals surface area contributed by atoms with Gasteiger partial charge in [0.05, 0.1) is 0 Å². The Kier molecular flexibility index (Phi) is 5.34. The highest BCUT2D eigenvalue weighted by Crippen LogP contribution is 2.31. The molecule has 1 aliphatic rings. The largest absolute Gasteiger partial charge is 0.336 e. The van der Waals surface area contributed by atoms with Gasteiger partial charge in [0.2, 0.25) is 0 Å². The van der Waals surface area contributed by atoms with Gasteiger partial charge < -0.3 is 5.32 Å². The van der Waals surface area contributed by atoms with Crippen molar-refractivity contribution in [2.75, 3.05) is 18.4 Å². The molecule has 0 aliphatic carbocycles. The number of pyridine rings is 1. The highest BCUT2D eigenvalue weighted by atomic mass is 35.5. The molecule has 7 heteroatoms. The third kappa shape index (κ3) is 4.24. The summed E-state index contributed by atoms with van der Waals surface area (Å²) in [5.74, 6) is 1.17.